The lowest BCUT2D eigenvalue weighted by molar-refractivity contribution is 0.394. The number of nitrogens with zero attached hydrogens (tertiary/aromatic N) is 2. The summed E-state index contributed by atoms with van der Waals surface area (Å²) in [6.45, 7) is 4.46. The lowest BCUT2D eigenvalue weighted by Gasteiger charge is -2.26. The number of hydrogen-bond donors (Lipinski definition) is 1. The van der Waals surface area contributed by atoms with Gasteiger partial charge in [0.2, 0.25) is 0 Å². The summed E-state index contributed by atoms with van der Waals surface area (Å²) < 4.78 is 0. The van der Waals surface area contributed by atoms with Crippen molar-refractivity contribution in [3.05, 3.63) is 11.9 Å². The van der Waals surface area contributed by atoms with Gasteiger partial charge in [-0.2, -0.15) is 0 Å². The van der Waals surface area contributed by atoms with E-state index in [1.165, 1.54) is 31.2 Å². The van der Waals surface area contributed by atoms with Gasteiger partial charge >= 0.3 is 0 Å². The van der Waals surface area contributed by atoms with Crippen molar-refractivity contribution in [2.45, 2.75) is 49.8 Å². The summed E-state index contributed by atoms with van der Waals surface area (Å²) in [6.07, 6.45) is 7.06. The first kappa shape index (κ1) is 12.7. The van der Waals surface area contributed by atoms with Crippen molar-refractivity contribution in [2.24, 2.45) is 5.92 Å². The van der Waals surface area contributed by atoms with Crippen LogP contribution in [0, 0.1) is 12.8 Å². The molecule has 1 heterocycles. The summed E-state index contributed by atoms with van der Waals surface area (Å²) in [6, 6.07) is 0. The van der Waals surface area contributed by atoms with Gasteiger partial charge < -0.3 is 5.32 Å². The van der Waals surface area contributed by atoms with Gasteiger partial charge in [-0.1, -0.05) is 19.8 Å². The van der Waals surface area contributed by atoms with E-state index < -0.39 is 0 Å². The molecule has 0 aliphatic heterocycles. The maximum Gasteiger partial charge on any atom is 0.133 e. The Labute approximate surface area is 108 Å². The molecule has 1 aliphatic carbocycles. The molecule has 0 saturated heterocycles. The van der Waals surface area contributed by atoms with Crippen LogP contribution in [0.4, 0.5) is 5.82 Å². The third-order valence-corrected chi connectivity index (χ3v) is 4.84. The largest absolute Gasteiger partial charge is 0.373 e. The van der Waals surface area contributed by atoms with E-state index in [0.717, 1.165) is 22.0 Å². The van der Waals surface area contributed by atoms with Crippen molar-refractivity contribution in [3.63, 3.8) is 0 Å². The minimum Gasteiger partial charge on any atom is -0.373 e. The summed E-state index contributed by atoms with van der Waals surface area (Å²) in [5, 5.41) is 4.99. The summed E-state index contributed by atoms with van der Waals surface area (Å²) in [5.41, 5.74) is 1.18. The fraction of sp³-hybridized carbons (Fsp3) is 0.692. The molecular formula is C13H21N3S. The molecule has 2 unspecified atom stereocenters. The molecule has 1 N–H and O–H groups in total. The van der Waals surface area contributed by atoms with Gasteiger partial charge in [0.1, 0.15) is 17.2 Å². The summed E-state index contributed by atoms with van der Waals surface area (Å²) >= 11 is 1.93. The van der Waals surface area contributed by atoms with Crippen molar-refractivity contribution >= 4 is 17.6 Å². The smallest absolute Gasteiger partial charge is 0.133 e. The van der Waals surface area contributed by atoms with Gasteiger partial charge in [-0.3, -0.25) is 0 Å². The van der Waals surface area contributed by atoms with Crippen LogP contribution in [0.25, 0.3) is 0 Å². The Morgan fingerprint density at radius 3 is 2.88 bits per heavy atom. The van der Waals surface area contributed by atoms with E-state index in [2.05, 4.69) is 29.1 Å². The average molecular weight is 251 g/mol. The van der Waals surface area contributed by atoms with Gasteiger partial charge in [0.25, 0.3) is 0 Å². The van der Waals surface area contributed by atoms with E-state index in [9.17, 15) is 0 Å². The topological polar surface area (TPSA) is 37.8 Å². The lowest BCUT2D eigenvalue weighted by atomic mass is 9.91. The van der Waals surface area contributed by atoms with Crippen LogP contribution in [0.5, 0.6) is 0 Å². The second kappa shape index (κ2) is 5.71. The SMILES string of the molecule is CNc1ncnc(SC2CCCC(C)C2)c1C. The molecule has 1 aromatic heterocycles. The Morgan fingerprint density at radius 1 is 1.35 bits per heavy atom. The highest BCUT2D eigenvalue weighted by atomic mass is 32.2. The molecule has 2 atom stereocenters. The Kier molecular flexibility index (Phi) is 4.26. The number of hydrogen-bond acceptors (Lipinski definition) is 4. The molecule has 3 nitrogen and oxygen atoms in total. The fourth-order valence-electron chi connectivity index (χ4n) is 2.45. The van der Waals surface area contributed by atoms with Crippen molar-refractivity contribution in [2.75, 3.05) is 12.4 Å². The molecule has 1 aromatic rings. The van der Waals surface area contributed by atoms with E-state index in [1.54, 1.807) is 6.33 Å². The summed E-state index contributed by atoms with van der Waals surface area (Å²) in [4.78, 5) is 8.65. The van der Waals surface area contributed by atoms with Crippen LogP contribution in [0.3, 0.4) is 0 Å². The molecule has 4 heteroatoms. The van der Waals surface area contributed by atoms with E-state index in [1.807, 2.05) is 18.8 Å². The van der Waals surface area contributed by atoms with Crippen LogP contribution in [-0.2, 0) is 0 Å². The van der Waals surface area contributed by atoms with Gasteiger partial charge in [-0.15, -0.1) is 11.8 Å². The minimum absolute atomic E-state index is 0.733. The van der Waals surface area contributed by atoms with Crippen molar-refractivity contribution in [1.82, 2.24) is 9.97 Å². The van der Waals surface area contributed by atoms with E-state index >= 15 is 0 Å². The zero-order chi connectivity index (χ0) is 12.3. The monoisotopic (exact) mass is 251 g/mol. The molecule has 1 aliphatic rings. The van der Waals surface area contributed by atoms with Crippen molar-refractivity contribution < 1.29 is 0 Å². The van der Waals surface area contributed by atoms with Crippen LogP contribution >= 0.6 is 11.8 Å². The number of thioether (sulfide) groups is 1. The van der Waals surface area contributed by atoms with E-state index in [4.69, 9.17) is 0 Å². The Hall–Kier alpha value is -0.770. The third-order valence-electron chi connectivity index (χ3n) is 3.44. The molecule has 1 saturated carbocycles. The molecule has 0 amide bonds. The van der Waals surface area contributed by atoms with Crippen LogP contribution in [0.2, 0.25) is 0 Å². The molecule has 0 aromatic carbocycles. The van der Waals surface area contributed by atoms with Gasteiger partial charge in [0.05, 0.1) is 0 Å². The number of aromatic nitrogens is 2. The zero-order valence-electron chi connectivity index (χ0n) is 10.9. The van der Waals surface area contributed by atoms with Crippen molar-refractivity contribution in [1.29, 1.82) is 0 Å². The highest BCUT2D eigenvalue weighted by Gasteiger charge is 2.21. The standard InChI is InChI=1S/C13H21N3S/c1-9-5-4-6-11(7-9)17-13-10(2)12(14-3)15-8-16-13/h8-9,11H,4-7H2,1-3H3,(H,14,15,16). The molecule has 0 radical (unpaired) electrons. The average Bonchev–Trinajstić information content (AvgIpc) is 2.32. The summed E-state index contributed by atoms with van der Waals surface area (Å²) in [7, 11) is 1.91. The third kappa shape index (κ3) is 3.12. The first-order valence-electron chi connectivity index (χ1n) is 6.36. The predicted octanol–water partition coefficient (Wildman–Crippen LogP) is 3.50. The van der Waals surface area contributed by atoms with E-state index in [0.29, 0.717) is 0 Å². The van der Waals surface area contributed by atoms with Gasteiger partial charge in [0.15, 0.2) is 0 Å². The quantitative estimate of drug-likeness (QED) is 0.834. The number of anilines is 1. The molecule has 0 bridgehead atoms. The Bertz CT molecular complexity index is 381. The number of rotatable bonds is 3. The Morgan fingerprint density at radius 2 is 2.18 bits per heavy atom. The lowest BCUT2D eigenvalue weighted by Crippen LogP contribution is -2.15. The van der Waals surface area contributed by atoms with Crippen LogP contribution < -0.4 is 5.32 Å². The maximum atomic E-state index is 4.42. The highest BCUT2D eigenvalue weighted by Crippen LogP contribution is 2.37. The van der Waals surface area contributed by atoms with E-state index in [-0.39, 0.29) is 0 Å². The molecule has 1 fully saturated rings. The summed E-state index contributed by atoms with van der Waals surface area (Å²) in [5.74, 6) is 1.82. The predicted molar refractivity (Wildman–Crippen MR) is 73.6 cm³/mol. The number of nitrogens with one attached hydrogen (secondary N) is 1. The molecule has 2 rings (SSSR count). The second-order valence-corrected chi connectivity index (χ2v) is 6.20. The first-order valence-corrected chi connectivity index (χ1v) is 7.24. The van der Waals surface area contributed by atoms with Gasteiger partial charge in [-0.05, 0) is 25.7 Å². The zero-order valence-corrected chi connectivity index (χ0v) is 11.7. The first-order chi connectivity index (χ1) is 8.20. The maximum absolute atomic E-state index is 4.42. The highest BCUT2D eigenvalue weighted by molar-refractivity contribution is 7.99. The van der Waals surface area contributed by atoms with Crippen LogP contribution in [0.15, 0.2) is 11.4 Å². The Balaban J connectivity index is 2.07. The minimum atomic E-state index is 0.733. The fourth-order valence-corrected chi connectivity index (χ4v) is 3.85. The normalized spacial score (nSPS) is 24.6. The molecule has 94 valence electrons. The molecular weight excluding hydrogens is 230 g/mol. The van der Waals surface area contributed by atoms with Gasteiger partial charge in [0, 0.05) is 17.9 Å². The molecule has 17 heavy (non-hydrogen) atoms. The van der Waals surface area contributed by atoms with Crippen molar-refractivity contribution in [3.8, 4) is 0 Å². The van der Waals surface area contributed by atoms with Gasteiger partial charge in [-0.25, -0.2) is 9.97 Å². The van der Waals surface area contributed by atoms with Crippen LogP contribution in [0.1, 0.15) is 38.2 Å². The second-order valence-electron chi connectivity index (χ2n) is 4.91. The molecule has 0 spiro atoms. The van der Waals surface area contributed by atoms with Crippen LogP contribution in [-0.4, -0.2) is 22.3 Å².